The zero-order valence-electron chi connectivity index (χ0n) is 11.6. The fourth-order valence-corrected chi connectivity index (χ4v) is 2.26. The van der Waals surface area contributed by atoms with Gasteiger partial charge in [-0.1, -0.05) is 50.6 Å². The van der Waals surface area contributed by atoms with Gasteiger partial charge in [0, 0.05) is 10.8 Å². The van der Waals surface area contributed by atoms with Gasteiger partial charge in [0.05, 0.1) is 11.3 Å². The lowest BCUT2D eigenvalue weighted by molar-refractivity contribution is 0.567. The monoisotopic (exact) mass is 286 g/mol. The molecule has 0 aliphatic rings. The summed E-state index contributed by atoms with van der Waals surface area (Å²) in [6.07, 6.45) is 1.68. The lowest BCUT2D eigenvalue weighted by Gasteiger charge is -2.18. The fourth-order valence-electron chi connectivity index (χ4n) is 2.07. The van der Waals surface area contributed by atoms with Crippen LogP contribution in [0.15, 0.2) is 41.0 Å². The number of rotatable bonds is 1. The highest BCUT2D eigenvalue weighted by Crippen LogP contribution is 2.31. The Balaban J connectivity index is 2.22. The van der Waals surface area contributed by atoms with Crippen LogP contribution in [0.2, 0.25) is 5.15 Å². The zero-order chi connectivity index (χ0) is 14.3. The Morgan fingerprint density at radius 1 is 1.10 bits per heavy atom. The molecule has 1 aromatic carbocycles. The predicted octanol–water partition coefficient (Wildman–Crippen LogP) is 4.84. The largest absolute Gasteiger partial charge is 0.464 e. The van der Waals surface area contributed by atoms with Gasteiger partial charge in [-0.2, -0.15) is 0 Å². The molecule has 4 heteroatoms. The number of aromatic nitrogens is 2. The van der Waals surface area contributed by atoms with E-state index in [1.807, 2.05) is 30.3 Å². The quantitative estimate of drug-likeness (QED) is 0.601. The average molecular weight is 287 g/mol. The summed E-state index contributed by atoms with van der Waals surface area (Å²) >= 11 is 6.14. The molecule has 0 bridgehead atoms. The maximum Gasteiger partial charge on any atom is 0.164 e. The van der Waals surface area contributed by atoms with E-state index in [0.717, 1.165) is 22.2 Å². The molecule has 102 valence electrons. The number of fused-ring (bicyclic) bond motifs is 1. The molecule has 0 aliphatic heterocycles. The Hall–Kier alpha value is -1.87. The van der Waals surface area contributed by atoms with Gasteiger partial charge >= 0.3 is 0 Å². The summed E-state index contributed by atoms with van der Waals surface area (Å²) < 4.78 is 5.55. The second-order valence-electron chi connectivity index (χ2n) is 5.80. The summed E-state index contributed by atoms with van der Waals surface area (Å²) in [6, 6.07) is 9.64. The van der Waals surface area contributed by atoms with Gasteiger partial charge in [-0.15, -0.1) is 0 Å². The van der Waals surface area contributed by atoms with Crippen molar-refractivity contribution in [2.45, 2.75) is 26.2 Å². The number of halogens is 1. The van der Waals surface area contributed by atoms with Crippen LogP contribution in [0.3, 0.4) is 0 Å². The van der Waals surface area contributed by atoms with Gasteiger partial charge in [-0.05, 0) is 12.1 Å². The molecule has 0 saturated carbocycles. The minimum atomic E-state index is -0.0825. The summed E-state index contributed by atoms with van der Waals surface area (Å²) in [5, 5.41) is 1.44. The molecule has 3 rings (SSSR count). The first-order valence-corrected chi connectivity index (χ1v) is 6.84. The molecule has 0 saturated heterocycles. The van der Waals surface area contributed by atoms with Gasteiger partial charge in [0.2, 0.25) is 0 Å². The summed E-state index contributed by atoms with van der Waals surface area (Å²) in [7, 11) is 0. The summed E-state index contributed by atoms with van der Waals surface area (Å²) in [5.41, 5.74) is 2.52. The van der Waals surface area contributed by atoms with Crippen LogP contribution in [-0.4, -0.2) is 9.97 Å². The van der Waals surface area contributed by atoms with Crippen LogP contribution in [0.4, 0.5) is 0 Å². The lowest BCUT2D eigenvalue weighted by Crippen LogP contribution is -2.14. The molecule has 0 radical (unpaired) electrons. The number of benzene rings is 1. The van der Waals surface area contributed by atoms with Crippen molar-refractivity contribution in [2.24, 2.45) is 0 Å². The number of para-hydroxylation sites is 1. The Bertz CT molecular complexity index is 771. The van der Waals surface area contributed by atoms with Crippen molar-refractivity contribution in [3.05, 3.63) is 47.4 Å². The molecule has 3 nitrogen and oxygen atoms in total. The summed E-state index contributed by atoms with van der Waals surface area (Å²) in [6.45, 7) is 6.30. The molecule has 0 aliphatic carbocycles. The molecule has 2 heterocycles. The molecule has 3 aromatic rings. The van der Waals surface area contributed by atoms with Crippen molar-refractivity contribution < 1.29 is 4.42 Å². The van der Waals surface area contributed by atoms with Crippen molar-refractivity contribution in [1.29, 1.82) is 0 Å². The van der Waals surface area contributed by atoms with Crippen molar-refractivity contribution in [3.63, 3.8) is 0 Å². The molecule has 2 aromatic heterocycles. The number of hydrogen-bond acceptors (Lipinski definition) is 3. The van der Waals surface area contributed by atoms with E-state index in [-0.39, 0.29) is 5.41 Å². The summed E-state index contributed by atoms with van der Waals surface area (Å²) in [4.78, 5) is 8.98. The minimum Gasteiger partial charge on any atom is -0.464 e. The van der Waals surface area contributed by atoms with Crippen molar-refractivity contribution in [2.75, 3.05) is 0 Å². The van der Waals surface area contributed by atoms with Crippen LogP contribution >= 0.6 is 11.6 Å². The second-order valence-corrected chi connectivity index (χ2v) is 6.18. The molecule has 0 atom stereocenters. The molecule has 0 unspecified atom stereocenters. The number of hydrogen-bond donors (Lipinski definition) is 0. The molecule has 0 amide bonds. The van der Waals surface area contributed by atoms with E-state index < -0.39 is 0 Å². The fraction of sp³-hybridized carbons (Fsp3) is 0.250. The second kappa shape index (κ2) is 4.60. The first-order chi connectivity index (χ1) is 9.45. The summed E-state index contributed by atoms with van der Waals surface area (Å²) in [5.74, 6) is 0.604. The van der Waals surface area contributed by atoms with Crippen molar-refractivity contribution in [1.82, 2.24) is 9.97 Å². The maximum absolute atomic E-state index is 6.14. The van der Waals surface area contributed by atoms with E-state index >= 15 is 0 Å². The Morgan fingerprint density at radius 2 is 1.85 bits per heavy atom. The van der Waals surface area contributed by atoms with E-state index in [9.17, 15) is 0 Å². The van der Waals surface area contributed by atoms with E-state index in [2.05, 4.69) is 30.7 Å². The SMILES string of the molecule is CC(C)(C)c1cc(Cl)nc(-c2coc3ccccc23)n1. The standard InChI is InChI=1S/C16H15ClN2O/c1-16(2,3)13-8-14(17)19-15(18-13)11-9-20-12-7-5-4-6-10(11)12/h4-9H,1-3H3. The number of furan rings is 1. The van der Waals surface area contributed by atoms with Gasteiger partial charge in [0.25, 0.3) is 0 Å². The lowest BCUT2D eigenvalue weighted by atomic mass is 9.92. The van der Waals surface area contributed by atoms with Gasteiger partial charge in [0.15, 0.2) is 5.82 Å². The first kappa shape index (κ1) is 13.1. The third-order valence-electron chi connectivity index (χ3n) is 3.19. The van der Waals surface area contributed by atoms with E-state index in [0.29, 0.717) is 11.0 Å². The van der Waals surface area contributed by atoms with Crippen molar-refractivity contribution in [3.8, 4) is 11.4 Å². The first-order valence-electron chi connectivity index (χ1n) is 6.47. The minimum absolute atomic E-state index is 0.0825. The van der Waals surface area contributed by atoms with Crippen LogP contribution in [-0.2, 0) is 5.41 Å². The highest BCUT2D eigenvalue weighted by molar-refractivity contribution is 6.29. The predicted molar refractivity (Wildman–Crippen MR) is 81.0 cm³/mol. The van der Waals surface area contributed by atoms with Gasteiger partial charge in [-0.25, -0.2) is 9.97 Å². The van der Waals surface area contributed by atoms with Gasteiger partial charge < -0.3 is 4.42 Å². The van der Waals surface area contributed by atoms with E-state index in [1.165, 1.54) is 0 Å². The smallest absolute Gasteiger partial charge is 0.164 e. The Kier molecular flexibility index (Phi) is 3.02. The van der Waals surface area contributed by atoms with Crippen LogP contribution < -0.4 is 0 Å². The molecular weight excluding hydrogens is 272 g/mol. The third-order valence-corrected chi connectivity index (χ3v) is 3.38. The molecule has 0 spiro atoms. The highest BCUT2D eigenvalue weighted by atomic mass is 35.5. The van der Waals surface area contributed by atoms with Crippen LogP contribution in [0.5, 0.6) is 0 Å². The Morgan fingerprint density at radius 3 is 2.60 bits per heavy atom. The van der Waals surface area contributed by atoms with Crippen LogP contribution in [0.1, 0.15) is 26.5 Å². The molecule has 0 N–H and O–H groups in total. The topological polar surface area (TPSA) is 38.9 Å². The Labute approximate surface area is 122 Å². The zero-order valence-corrected chi connectivity index (χ0v) is 12.4. The third kappa shape index (κ3) is 2.29. The average Bonchev–Trinajstić information content (AvgIpc) is 2.80. The van der Waals surface area contributed by atoms with E-state index in [4.69, 9.17) is 16.0 Å². The van der Waals surface area contributed by atoms with Crippen LogP contribution in [0, 0.1) is 0 Å². The van der Waals surface area contributed by atoms with Crippen LogP contribution in [0.25, 0.3) is 22.4 Å². The van der Waals surface area contributed by atoms with Crippen molar-refractivity contribution >= 4 is 22.6 Å². The maximum atomic E-state index is 6.14. The molecule has 0 fully saturated rings. The number of nitrogens with zero attached hydrogens (tertiary/aromatic N) is 2. The van der Waals surface area contributed by atoms with Gasteiger partial charge in [0.1, 0.15) is 17.0 Å². The molecule has 20 heavy (non-hydrogen) atoms. The van der Waals surface area contributed by atoms with Gasteiger partial charge in [-0.3, -0.25) is 0 Å². The van der Waals surface area contributed by atoms with E-state index in [1.54, 1.807) is 6.26 Å². The molecular formula is C16H15ClN2O. The normalized spacial score (nSPS) is 12.0. The highest BCUT2D eigenvalue weighted by Gasteiger charge is 2.19.